The van der Waals surface area contributed by atoms with E-state index in [1.54, 1.807) is 0 Å². The van der Waals surface area contributed by atoms with Crippen molar-refractivity contribution in [1.82, 2.24) is 9.97 Å². The van der Waals surface area contributed by atoms with Gasteiger partial charge in [-0.05, 0) is 55.5 Å². The van der Waals surface area contributed by atoms with Crippen molar-refractivity contribution in [2.24, 2.45) is 5.92 Å². The predicted molar refractivity (Wildman–Crippen MR) is 105 cm³/mol. The topological polar surface area (TPSA) is 67.4 Å². The van der Waals surface area contributed by atoms with E-state index in [1.807, 2.05) is 31.3 Å². The van der Waals surface area contributed by atoms with Crippen LogP contribution in [0.1, 0.15) is 23.2 Å². The van der Waals surface area contributed by atoms with Crippen molar-refractivity contribution in [2.45, 2.75) is 26.2 Å². The molecule has 0 radical (unpaired) electrons. The van der Waals surface area contributed by atoms with Gasteiger partial charge in [0, 0.05) is 41.6 Å². The number of halogens is 1. The molecule has 0 bridgehead atoms. The average molecular weight is 387 g/mol. The number of fused-ring (bicyclic) bond motifs is 1. The summed E-state index contributed by atoms with van der Waals surface area (Å²) in [5, 5.41) is 3.71. The molecule has 1 atom stereocenters. The molecule has 142 valence electrons. The fraction of sp³-hybridized carbons (Fsp3) is 0.450. The van der Waals surface area contributed by atoms with Crippen molar-refractivity contribution in [3.05, 3.63) is 46.2 Å². The summed E-state index contributed by atoms with van der Waals surface area (Å²) in [5.41, 5.74) is 3.88. The number of hydrogen-bond acceptors (Lipinski definition) is 5. The number of carbonyl (C=O) groups excluding carboxylic acids is 1. The number of aromatic nitrogens is 2. The van der Waals surface area contributed by atoms with Crippen LogP contribution >= 0.6 is 11.6 Å². The lowest BCUT2D eigenvalue weighted by atomic mass is 9.86. The van der Waals surface area contributed by atoms with E-state index >= 15 is 0 Å². The lowest BCUT2D eigenvalue weighted by Gasteiger charge is -2.28. The summed E-state index contributed by atoms with van der Waals surface area (Å²) in [7, 11) is 0. The van der Waals surface area contributed by atoms with Crippen molar-refractivity contribution in [2.75, 3.05) is 36.5 Å². The molecule has 0 saturated carbocycles. The van der Waals surface area contributed by atoms with E-state index in [0.29, 0.717) is 24.7 Å². The lowest BCUT2D eigenvalue weighted by Crippen LogP contribution is -2.38. The summed E-state index contributed by atoms with van der Waals surface area (Å²) in [6.07, 6.45) is 4.16. The molecule has 4 rings (SSSR count). The van der Waals surface area contributed by atoms with Crippen LogP contribution in [-0.2, 0) is 22.4 Å². The van der Waals surface area contributed by atoms with E-state index in [0.717, 1.165) is 54.4 Å². The van der Waals surface area contributed by atoms with Gasteiger partial charge in [0.05, 0.1) is 13.2 Å². The fourth-order valence-corrected chi connectivity index (χ4v) is 3.72. The van der Waals surface area contributed by atoms with E-state index in [1.165, 1.54) is 0 Å². The molecule has 1 aromatic heterocycles. The van der Waals surface area contributed by atoms with Crippen LogP contribution in [0.5, 0.6) is 0 Å². The molecule has 1 aromatic carbocycles. The van der Waals surface area contributed by atoms with Crippen LogP contribution in [0.15, 0.2) is 24.4 Å². The quantitative estimate of drug-likeness (QED) is 0.878. The van der Waals surface area contributed by atoms with E-state index < -0.39 is 0 Å². The highest BCUT2D eigenvalue weighted by Gasteiger charge is 2.27. The fourth-order valence-electron chi connectivity index (χ4n) is 3.60. The minimum Gasteiger partial charge on any atom is -0.378 e. The molecular formula is C20H23ClN4O2. The highest BCUT2D eigenvalue weighted by molar-refractivity contribution is 6.31. The number of aryl methyl sites for hydroxylation is 2. The molecule has 1 aliphatic carbocycles. The third-order valence-corrected chi connectivity index (χ3v) is 5.65. The third-order valence-electron chi connectivity index (χ3n) is 5.23. The first-order chi connectivity index (χ1) is 13.1. The van der Waals surface area contributed by atoms with Crippen LogP contribution < -0.4 is 10.2 Å². The first-order valence-electron chi connectivity index (χ1n) is 9.34. The van der Waals surface area contributed by atoms with E-state index in [-0.39, 0.29) is 11.8 Å². The second-order valence-electron chi connectivity index (χ2n) is 7.13. The molecule has 1 amide bonds. The molecular weight excluding hydrogens is 364 g/mol. The summed E-state index contributed by atoms with van der Waals surface area (Å²) in [5.74, 6) is 0.752. The summed E-state index contributed by atoms with van der Waals surface area (Å²) >= 11 is 6.05. The van der Waals surface area contributed by atoms with Crippen molar-refractivity contribution >= 4 is 29.1 Å². The van der Waals surface area contributed by atoms with Crippen molar-refractivity contribution in [3.63, 3.8) is 0 Å². The molecule has 27 heavy (non-hydrogen) atoms. The second-order valence-corrected chi connectivity index (χ2v) is 7.54. The van der Waals surface area contributed by atoms with Gasteiger partial charge in [-0.1, -0.05) is 11.6 Å². The maximum Gasteiger partial charge on any atom is 0.227 e. The van der Waals surface area contributed by atoms with Crippen LogP contribution in [0, 0.1) is 12.8 Å². The predicted octanol–water partition coefficient (Wildman–Crippen LogP) is 3.02. The molecule has 0 spiro atoms. The Kier molecular flexibility index (Phi) is 5.27. The van der Waals surface area contributed by atoms with Gasteiger partial charge in [0.25, 0.3) is 0 Å². The van der Waals surface area contributed by atoms with Crippen molar-refractivity contribution in [3.8, 4) is 0 Å². The molecule has 6 nitrogen and oxygen atoms in total. The van der Waals surface area contributed by atoms with E-state index in [9.17, 15) is 4.79 Å². The number of benzene rings is 1. The average Bonchev–Trinajstić information content (AvgIpc) is 2.70. The Labute approximate surface area is 163 Å². The number of carbonyl (C=O) groups is 1. The second kappa shape index (κ2) is 7.82. The summed E-state index contributed by atoms with van der Waals surface area (Å²) < 4.78 is 5.39. The van der Waals surface area contributed by atoms with Gasteiger partial charge in [0.2, 0.25) is 11.9 Å². The summed E-state index contributed by atoms with van der Waals surface area (Å²) in [6, 6.07) is 5.54. The summed E-state index contributed by atoms with van der Waals surface area (Å²) in [6.45, 7) is 5.01. The highest BCUT2D eigenvalue weighted by Crippen LogP contribution is 2.27. The molecule has 0 unspecified atom stereocenters. The van der Waals surface area contributed by atoms with Crippen LogP contribution in [0.25, 0.3) is 0 Å². The minimum atomic E-state index is -0.0636. The molecule has 1 aliphatic heterocycles. The van der Waals surface area contributed by atoms with Gasteiger partial charge in [0.15, 0.2) is 0 Å². The Balaban J connectivity index is 1.43. The van der Waals surface area contributed by atoms with Crippen LogP contribution in [0.4, 0.5) is 11.6 Å². The maximum atomic E-state index is 12.7. The first kappa shape index (κ1) is 18.2. The number of ether oxygens (including phenoxy) is 1. The van der Waals surface area contributed by atoms with Gasteiger partial charge in [-0.3, -0.25) is 4.79 Å². The monoisotopic (exact) mass is 386 g/mol. The summed E-state index contributed by atoms with van der Waals surface area (Å²) in [4.78, 5) is 24.1. The smallest absolute Gasteiger partial charge is 0.227 e. The Morgan fingerprint density at radius 2 is 2.15 bits per heavy atom. The lowest BCUT2D eigenvalue weighted by molar-refractivity contribution is -0.120. The van der Waals surface area contributed by atoms with Crippen LogP contribution in [-0.4, -0.2) is 42.2 Å². The minimum absolute atomic E-state index is 0.0413. The van der Waals surface area contributed by atoms with Gasteiger partial charge < -0.3 is 15.0 Å². The van der Waals surface area contributed by atoms with Gasteiger partial charge in [-0.2, -0.15) is 0 Å². The standard InChI is InChI=1S/C20H23ClN4O2/c1-13-10-16(3-4-17(13)21)23-19(26)14-2-5-18-15(11-14)12-22-20(24-18)25-6-8-27-9-7-25/h3-4,10,12,14H,2,5-9,11H2,1H3,(H,23,26)/t14-/m0/s1. The van der Waals surface area contributed by atoms with E-state index in [2.05, 4.69) is 15.2 Å². The number of nitrogens with one attached hydrogen (secondary N) is 1. The third kappa shape index (κ3) is 4.06. The van der Waals surface area contributed by atoms with Crippen molar-refractivity contribution < 1.29 is 9.53 Å². The zero-order valence-corrected chi connectivity index (χ0v) is 16.1. The first-order valence-corrected chi connectivity index (χ1v) is 9.72. The van der Waals surface area contributed by atoms with Gasteiger partial charge >= 0.3 is 0 Å². The molecule has 2 aliphatic rings. The largest absolute Gasteiger partial charge is 0.378 e. The Bertz CT molecular complexity index is 852. The van der Waals surface area contributed by atoms with Gasteiger partial charge in [-0.15, -0.1) is 0 Å². The molecule has 2 heterocycles. The normalized spacial score (nSPS) is 19.5. The number of anilines is 2. The molecule has 1 fully saturated rings. The van der Waals surface area contributed by atoms with Gasteiger partial charge in [0.1, 0.15) is 0 Å². The number of hydrogen-bond donors (Lipinski definition) is 1. The van der Waals surface area contributed by atoms with E-state index in [4.69, 9.17) is 21.3 Å². The number of morpholine rings is 1. The number of amides is 1. The molecule has 7 heteroatoms. The van der Waals surface area contributed by atoms with Gasteiger partial charge in [-0.25, -0.2) is 9.97 Å². The maximum absolute atomic E-state index is 12.7. The molecule has 1 saturated heterocycles. The zero-order chi connectivity index (χ0) is 18.8. The Morgan fingerprint density at radius 3 is 2.93 bits per heavy atom. The molecule has 2 aromatic rings. The van der Waals surface area contributed by atoms with Crippen LogP contribution in [0.3, 0.4) is 0 Å². The SMILES string of the molecule is Cc1cc(NC(=O)[C@H]2CCc3nc(N4CCOCC4)ncc3C2)ccc1Cl. The molecule has 1 N–H and O–H groups in total. The zero-order valence-electron chi connectivity index (χ0n) is 15.4. The highest BCUT2D eigenvalue weighted by atomic mass is 35.5. The Hall–Kier alpha value is -2.18. The van der Waals surface area contributed by atoms with Crippen LogP contribution in [0.2, 0.25) is 5.02 Å². The van der Waals surface area contributed by atoms with Crippen molar-refractivity contribution in [1.29, 1.82) is 0 Å². The number of rotatable bonds is 3. The number of nitrogens with zero attached hydrogens (tertiary/aromatic N) is 3. The Morgan fingerprint density at radius 1 is 1.33 bits per heavy atom.